The lowest BCUT2D eigenvalue weighted by atomic mass is 9.80. The number of nitrogens with zero attached hydrogens (tertiary/aromatic N) is 1. The van der Waals surface area contributed by atoms with E-state index in [2.05, 4.69) is 139 Å². The lowest BCUT2D eigenvalue weighted by Gasteiger charge is -2.25. The van der Waals surface area contributed by atoms with Crippen molar-refractivity contribution in [2.45, 2.75) is 67.2 Å². The summed E-state index contributed by atoms with van der Waals surface area (Å²) in [4.78, 5) is 5.15. The molecule has 1 nitrogen and oxygen atoms in total. The fourth-order valence-corrected chi connectivity index (χ4v) is 4.67. The first-order chi connectivity index (χ1) is 20.2. The van der Waals surface area contributed by atoms with Crippen LogP contribution in [-0.2, 0) is 0 Å². The van der Waals surface area contributed by atoms with Crippen molar-refractivity contribution in [2.75, 3.05) is 0 Å². The molecule has 1 aromatic carbocycles. The van der Waals surface area contributed by atoms with E-state index in [9.17, 15) is 0 Å². The zero-order valence-electron chi connectivity index (χ0n) is 26.7. The highest BCUT2D eigenvalue weighted by atomic mass is 14.8. The van der Waals surface area contributed by atoms with Gasteiger partial charge in [-0.25, -0.2) is 0 Å². The Morgan fingerprint density at radius 2 is 1.81 bits per heavy atom. The van der Waals surface area contributed by atoms with Crippen LogP contribution in [0.5, 0.6) is 0 Å². The van der Waals surface area contributed by atoms with Gasteiger partial charge in [-0.15, -0.1) is 5.73 Å². The summed E-state index contributed by atoms with van der Waals surface area (Å²) in [5.74, 6) is 0. The van der Waals surface area contributed by atoms with E-state index >= 15 is 0 Å². The molecule has 0 radical (unpaired) electrons. The zero-order chi connectivity index (χ0) is 31.0. The van der Waals surface area contributed by atoms with E-state index in [1.54, 1.807) is 6.08 Å². The fourth-order valence-electron chi connectivity index (χ4n) is 4.67. The van der Waals surface area contributed by atoms with Crippen LogP contribution in [-0.4, -0.2) is 5.71 Å². The van der Waals surface area contributed by atoms with Crippen molar-refractivity contribution >= 4 is 17.0 Å². The molecule has 1 aromatic rings. The average molecular weight is 556 g/mol. The van der Waals surface area contributed by atoms with Crippen LogP contribution in [0.1, 0.15) is 77.0 Å². The predicted octanol–water partition coefficient (Wildman–Crippen LogP) is 12.0. The van der Waals surface area contributed by atoms with Crippen LogP contribution < -0.4 is 0 Å². The van der Waals surface area contributed by atoms with E-state index in [4.69, 9.17) is 4.99 Å². The number of hydrogen-bond acceptors (Lipinski definition) is 1. The summed E-state index contributed by atoms with van der Waals surface area (Å²) < 4.78 is 0. The highest BCUT2D eigenvalue weighted by Gasteiger charge is 2.27. The van der Waals surface area contributed by atoms with Crippen molar-refractivity contribution in [3.63, 3.8) is 0 Å². The third-order valence-electron chi connectivity index (χ3n) is 7.08. The Balaban J connectivity index is 0.00000113. The minimum atomic E-state index is -0.291. The Morgan fingerprint density at radius 1 is 1.05 bits per heavy atom. The summed E-state index contributed by atoms with van der Waals surface area (Å²) in [6.07, 6.45) is 33.5. The third-order valence-corrected chi connectivity index (χ3v) is 7.08. The Hall–Kier alpha value is -4.19. The van der Waals surface area contributed by atoms with Gasteiger partial charge >= 0.3 is 0 Å². The molecular weight excluding hydrogens is 506 g/mol. The van der Waals surface area contributed by atoms with Gasteiger partial charge in [0.1, 0.15) is 0 Å². The van der Waals surface area contributed by atoms with Gasteiger partial charge in [-0.3, -0.25) is 4.99 Å². The lowest BCUT2D eigenvalue weighted by Crippen LogP contribution is -2.24. The molecule has 0 aliphatic heterocycles. The number of aliphatic imine (C=N–C) groups is 1. The fraction of sp³-hybridized carbons (Fsp3) is 0.268. The molecule has 2 aliphatic carbocycles. The Labute approximate surface area is 256 Å². The smallest absolute Gasteiger partial charge is 0.0636 e. The Morgan fingerprint density at radius 3 is 2.43 bits per heavy atom. The van der Waals surface area contributed by atoms with E-state index in [-0.39, 0.29) is 5.41 Å². The van der Waals surface area contributed by atoms with Gasteiger partial charge in [0.15, 0.2) is 0 Å². The number of rotatable bonds is 10. The monoisotopic (exact) mass is 555 g/mol. The highest BCUT2D eigenvalue weighted by molar-refractivity contribution is 6.04. The second kappa shape index (κ2) is 17.6. The van der Waals surface area contributed by atoms with Crippen LogP contribution in [0.2, 0.25) is 0 Å². The first-order valence-electron chi connectivity index (χ1n) is 15.0. The molecule has 0 amide bonds. The molecule has 0 saturated heterocycles. The van der Waals surface area contributed by atoms with E-state index < -0.39 is 0 Å². The second-order valence-electron chi connectivity index (χ2n) is 11.0. The van der Waals surface area contributed by atoms with Crippen LogP contribution >= 0.6 is 0 Å². The molecule has 0 saturated carbocycles. The van der Waals surface area contributed by atoms with Gasteiger partial charge in [0, 0.05) is 11.0 Å². The molecule has 0 N–H and O–H groups in total. The Bertz CT molecular complexity index is 1440. The highest BCUT2D eigenvalue weighted by Crippen LogP contribution is 2.34. The molecule has 2 aliphatic rings. The summed E-state index contributed by atoms with van der Waals surface area (Å²) in [7, 11) is 0. The minimum absolute atomic E-state index is 0.291. The van der Waals surface area contributed by atoms with Crippen LogP contribution in [0, 0.1) is 12.3 Å². The van der Waals surface area contributed by atoms with E-state index in [0.29, 0.717) is 0 Å². The summed E-state index contributed by atoms with van der Waals surface area (Å²) in [5, 5.41) is 0. The molecule has 1 atom stereocenters. The molecule has 0 heterocycles. The van der Waals surface area contributed by atoms with Gasteiger partial charge in [-0.1, -0.05) is 117 Å². The summed E-state index contributed by atoms with van der Waals surface area (Å²) in [6.45, 7) is 24.9. The molecule has 1 unspecified atom stereocenters. The van der Waals surface area contributed by atoms with Gasteiger partial charge in [0.05, 0.1) is 11.4 Å². The molecule has 0 aromatic heterocycles. The van der Waals surface area contributed by atoms with Crippen molar-refractivity contribution < 1.29 is 0 Å². The maximum absolute atomic E-state index is 5.15. The predicted molar refractivity (Wildman–Crippen MR) is 190 cm³/mol. The number of allylic oxidation sites excluding steroid dienone is 17. The summed E-state index contributed by atoms with van der Waals surface area (Å²) in [6, 6.07) is 6.28. The van der Waals surface area contributed by atoms with Crippen LogP contribution in [0.25, 0.3) is 11.3 Å². The van der Waals surface area contributed by atoms with Gasteiger partial charge in [-0.05, 0) is 106 Å². The maximum atomic E-state index is 5.15. The van der Waals surface area contributed by atoms with Gasteiger partial charge in [0.25, 0.3) is 0 Å². The molecule has 0 spiro atoms. The van der Waals surface area contributed by atoms with Gasteiger partial charge < -0.3 is 0 Å². The quantitative estimate of drug-likeness (QED) is 0.155. The van der Waals surface area contributed by atoms with Crippen molar-refractivity contribution in [2.24, 2.45) is 10.4 Å². The summed E-state index contributed by atoms with van der Waals surface area (Å²) in [5.41, 5.74) is 12.9. The van der Waals surface area contributed by atoms with Crippen molar-refractivity contribution in [3.05, 3.63) is 162 Å². The third kappa shape index (κ3) is 10.3. The van der Waals surface area contributed by atoms with E-state index in [1.807, 2.05) is 25.2 Å². The van der Waals surface area contributed by atoms with Crippen molar-refractivity contribution in [1.82, 2.24) is 0 Å². The van der Waals surface area contributed by atoms with Crippen molar-refractivity contribution in [3.8, 4) is 0 Å². The number of benzene rings is 1. The average Bonchev–Trinajstić information content (AvgIpc) is 3.18. The number of hydrogen-bond donors (Lipinski definition) is 0. The molecular formula is C41H49N. The summed E-state index contributed by atoms with van der Waals surface area (Å²) >= 11 is 0. The van der Waals surface area contributed by atoms with E-state index in [0.717, 1.165) is 59.4 Å². The first-order valence-corrected chi connectivity index (χ1v) is 15.0. The first kappa shape index (κ1) is 34.0. The zero-order valence-corrected chi connectivity index (χ0v) is 26.7. The molecule has 0 fully saturated rings. The minimum Gasteiger partial charge on any atom is -0.253 e. The molecule has 42 heavy (non-hydrogen) atoms. The largest absolute Gasteiger partial charge is 0.253 e. The standard InChI is InChI=1S/C36H41N.C5H8/c1-8-9-10-12-17-28(4)33-21-15-22-34(29(33)5)30(6)37-35(26-27(2)3)36(7)24-16-20-32(23-25-36)31-18-13-11-14-19-31;1-3-5-4-2/h9-10,12-13,15,17-24,26H,4,6,8,11,14,25H2,1-3,5,7H3;3-5H,1H2,2H3/b10-9-,17-12-,37-35?;5-4-. The second-order valence-corrected chi connectivity index (χ2v) is 11.0. The molecule has 3 rings (SSSR count). The van der Waals surface area contributed by atoms with Crippen LogP contribution in [0.15, 0.2) is 150 Å². The van der Waals surface area contributed by atoms with Crippen molar-refractivity contribution in [1.29, 1.82) is 0 Å². The molecule has 1 heteroatoms. The Kier molecular flexibility index (Phi) is 14.2. The molecule has 218 valence electrons. The normalized spacial score (nSPS) is 18.4. The topological polar surface area (TPSA) is 12.4 Å². The van der Waals surface area contributed by atoms with Crippen LogP contribution in [0.4, 0.5) is 0 Å². The van der Waals surface area contributed by atoms with E-state index in [1.165, 1.54) is 16.7 Å². The van der Waals surface area contributed by atoms with Crippen LogP contribution in [0.3, 0.4) is 0 Å². The molecule has 0 bridgehead atoms. The van der Waals surface area contributed by atoms with Gasteiger partial charge in [-0.2, -0.15) is 0 Å². The SMILES string of the molecule is C=C(/C=C\C=C/CC)c1cccc(C(=C)N=C(C=C(C)C)C2(C)C=C=CC(C3=CCCC=C3)=CC2)c1C.C=C/C=C\C. The maximum Gasteiger partial charge on any atom is 0.0636 e. The van der Waals surface area contributed by atoms with Gasteiger partial charge in [0.2, 0.25) is 0 Å². The lowest BCUT2D eigenvalue weighted by molar-refractivity contribution is 0.611.